The largest absolute Gasteiger partial charge is 0.497 e. The first-order chi connectivity index (χ1) is 17.0. The molecule has 5 rings (SSSR count). The maximum Gasteiger partial charge on any atom is 0.270 e. The average Bonchev–Trinajstić information content (AvgIpc) is 2.88. The number of amides is 2. The van der Waals surface area contributed by atoms with Gasteiger partial charge >= 0.3 is 0 Å². The molecule has 0 bridgehead atoms. The van der Waals surface area contributed by atoms with Crippen LogP contribution < -0.4 is 15.4 Å². The molecule has 0 saturated carbocycles. The summed E-state index contributed by atoms with van der Waals surface area (Å²) in [6, 6.07) is 10.9. The van der Waals surface area contributed by atoms with Crippen LogP contribution in [-0.2, 0) is 16.0 Å². The van der Waals surface area contributed by atoms with E-state index in [2.05, 4.69) is 20.6 Å². The van der Waals surface area contributed by atoms with Gasteiger partial charge in [-0.25, -0.2) is 4.98 Å². The highest BCUT2D eigenvalue weighted by molar-refractivity contribution is 8.00. The van der Waals surface area contributed by atoms with Crippen LogP contribution in [0.4, 0.5) is 5.82 Å². The number of hydrogen-bond donors (Lipinski definition) is 3. The lowest BCUT2D eigenvalue weighted by atomic mass is 9.95. The molecule has 1 fully saturated rings. The summed E-state index contributed by atoms with van der Waals surface area (Å²) in [5, 5.41) is 17.5. The van der Waals surface area contributed by atoms with Crippen molar-refractivity contribution in [3.63, 3.8) is 0 Å². The molecule has 1 aromatic carbocycles. The number of hydrogen-bond acceptors (Lipinski definition) is 8. The van der Waals surface area contributed by atoms with Crippen LogP contribution in [0.2, 0.25) is 0 Å². The summed E-state index contributed by atoms with van der Waals surface area (Å²) in [4.78, 5) is 33.8. The number of nitrogens with one attached hydrogen (secondary N) is 2. The number of fused-ring (bicyclic) bond motifs is 2. The van der Waals surface area contributed by atoms with E-state index in [0.717, 1.165) is 27.1 Å². The first-order valence-corrected chi connectivity index (χ1v) is 12.4. The molecule has 3 N–H and O–H groups in total. The molecule has 2 aromatic heterocycles. The van der Waals surface area contributed by atoms with Gasteiger partial charge in [-0.1, -0.05) is 0 Å². The average molecular weight is 495 g/mol. The molecular weight excluding hydrogens is 468 g/mol. The molecular formula is C25H26N4O5S. The molecule has 35 heavy (non-hydrogen) atoms. The number of nitrogens with zero attached hydrogens (tertiary/aromatic N) is 2. The van der Waals surface area contributed by atoms with Crippen molar-refractivity contribution in [2.75, 3.05) is 24.8 Å². The molecule has 1 saturated heterocycles. The van der Waals surface area contributed by atoms with E-state index in [-0.39, 0.29) is 29.7 Å². The number of aromatic nitrogens is 2. The standard InChI is InChI=1S/C25H26N4O5S/c1-33-16-3-4-18-17(11-16)14(8-9-26-18)10-20(30)21-6-2-15(12-34-21)27-25(32)19-5-7-22-24(28-19)29-23(31)13-35-22/h3-5,7-9,11,15,20-21,30H,2,6,10,12-13H2,1H3,(H,27,32)(H,28,29,31)/t15-,20+,21+/m1/s1. The smallest absolute Gasteiger partial charge is 0.270 e. The minimum absolute atomic E-state index is 0.128. The van der Waals surface area contributed by atoms with Gasteiger partial charge in [-0.3, -0.25) is 14.6 Å². The van der Waals surface area contributed by atoms with Crippen molar-refractivity contribution in [2.45, 2.75) is 42.4 Å². The zero-order valence-corrected chi connectivity index (χ0v) is 20.0. The number of thioether (sulfide) groups is 1. The van der Waals surface area contributed by atoms with E-state index < -0.39 is 6.10 Å². The quantitative estimate of drug-likeness (QED) is 0.478. The highest BCUT2D eigenvalue weighted by Gasteiger charge is 2.29. The van der Waals surface area contributed by atoms with Crippen LogP contribution in [0.15, 0.2) is 47.5 Å². The second kappa shape index (κ2) is 10.2. The third-order valence-corrected chi connectivity index (χ3v) is 7.30. The van der Waals surface area contributed by atoms with Crippen LogP contribution in [0.3, 0.4) is 0 Å². The molecule has 2 amide bonds. The van der Waals surface area contributed by atoms with Crippen molar-refractivity contribution in [3.8, 4) is 5.75 Å². The predicted octanol–water partition coefficient (Wildman–Crippen LogP) is 2.56. The maximum absolute atomic E-state index is 12.7. The summed E-state index contributed by atoms with van der Waals surface area (Å²) in [6.07, 6.45) is 2.44. The SMILES string of the molecule is COc1ccc2nccc(C[C@H](O)[C@@H]3CC[C@@H](NC(=O)c4ccc5c(n4)NC(=O)CS5)CO3)c2c1. The van der Waals surface area contributed by atoms with Crippen LogP contribution in [-0.4, -0.2) is 64.6 Å². The molecule has 9 nitrogen and oxygen atoms in total. The zero-order valence-electron chi connectivity index (χ0n) is 19.2. The molecule has 0 unspecified atom stereocenters. The van der Waals surface area contributed by atoms with E-state index in [4.69, 9.17) is 9.47 Å². The van der Waals surface area contributed by atoms with Crippen molar-refractivity contribution >= 4 is 40.3 Å². The zero-order chi connectivity index (χ0) is 24.4. The Morgan fingerprint density at radius 1 is 1.31 bits per heavy atom. The summed E-state index contributed by atoms with van der Waals surface area (Å²) in [5.41, 5.74) is 2.06. The van der Waals surface area contributed by atoms with E-state index in [1.165, 1.54) is 11.8 Å². The number of rotatable bonds is 6. The van der Waals surface area contributed by atoms with Gasteiger partial charge in [0.15, 0.2) is 0 Å². The van der Waals surface area contributed by atoms with Crippen molar-refractivity contribution in [3.05, 3.63) is 53.9 Å². The number of ether oxygens (including phenoxy) is 2. The second-order valence-corrected chi connectivity index (χ2v) is 9.64. The van der Waals surface area contributed by atoms with Gasteiger partial charge in [0.25, 0.3) is 5.91 Å². The highest BCUT2D eigenvalue weighted by Crippen LogP contribution is 2.30. The Hall–Kier alpha value is -3.21. The minimum atomic E-state index is -0.688. The van der Waals surface area contributed by atoms with E-state index in [0.29, 0.717) is 37.4 Å². The van der Waals surface area contributed by atoms with Crippen LogP contribution in [0.25, 0.3) is 10.9 Å². The first kappa shape index (κ1) is 23.5. The van der Waals surface area contributed by atoms with Gasteiger partial charge in [0, 0.05) is 18.0 Å². The summed E-state index contributed by atoms with van der Waals surface area (Å²) in [6.45, 7) is 0.301. The molecule has 10 heteroatoms. The Kier molecular flexibility index (Phi) is 6.85. The topological polar surface area (TPSA) is 123 Å². The molecule has 3 atom stereocenters. The molecule has 4 heterocycles. The summed E-state index contributed by atoms with van der Waals surface area (Å²) in [7, 11) is 1.62. The number of aliphatic hydroxyl groups is 1. The Morgan fingerprint density at radius 2 is 2.20 bits per heavy atom. The maximum atomic E-state index is 12.7. The number of carbonyl (C=O) groups is 2. The fourth-order valence-corrected chi connectivity index (χ4v) is 5.14. The summed E-state index contributed by atoms with van der Waals surface area (Å²) < 4.78 is 11.3. The number of aliphatic hydroxyl groups excluding tert-OH is 1. The van der Waals surface area contributed by atoms with E-state index in [1.54, 1.807) is 25.4 Å². The monoisotopic (exact) mass is 494 g/mol. The third kappa shape index (κ3) is 5.24. The molecule has 0 radical (unpaired) electrons. The van der Waals surface area contributed by atoms with Gasteiger partial charge in [-0.05, 0) is 54.8 Å². The Morgan fingerprint density at radius 3 is 3.00 bits per heavy atom. The molecule has 0 spiro atoms. The van der Waals surface area contributed by atoms with Crippen molar-refractivity contribution in [2.24, 2.45) is 0 Å². The highest BCUT2D eigenvalue weighted by atomic mass is 32.2. The fraction of sp³-hybridized carbons (Fsp3) is 0.360. The fourth-order valence-electron chi connectivity index (χ4n) is 4.38. The van der Waals surface area contributed by atoms with E-state index >= 15 is 0 Å². The van der Waals surface area contributed by atoms with Gasteiger partial charge in [0.2, 0.25) is 5.91 Å². The van der Waals surface area contributed by atoms with Crippen LogP contribution >= 0.6 is 11.8 Å². The third-order valence-electron chi connectivity index (χ3n) is 6.25. The Labute approximate surface area is 206 Å². The van der Waals surface area contributed by atoms with Crippen LogP contribution in [0, 0.1) is 0 Å². The van der Waals surface area contributed by atoms with Crippen molar-refractivity contribution in [1.82, 2.24) is 15.3 Å². The van der Waals surface area contributed by atoms with Crippen LogP contribution in [0.5, 0.6) is 5.75 Å². The number of anilines is 1. The number of pyridine rings is 2. The Bertz CT molecular complexity index is 1260. The van der Waals surface area contributed by atoms with Gasteiger partial charge in [-0.2, -0.15) is 0 Å². The lowest BCUT2D eigenvalue weighted by Crippen LogP contribution is -2.46. The molecule has 0 aliphatic carbocycles. The van der Waals surface area contributed by atoms with Gasteiger partial charge in [0.05, 0.1) is 48.1 Å². The predicted molar refractivity (Wildman–Crippen MR) is 132 cm³/mol. The van der Waals surface area contributed by atoms with E-state index in [9.17, 15) is 14.7 Å². The van der Waals surface area contributed by atoms with Gasteiger partial charge < -0.3 is 25.2 Å². The minimum Gasteiger partial charge on any atom is -0.497 e. The molecule has 3 aromatic rings. The van der Waals surface area contributed by atoms with E-state index in [1.807, 2.05) is 24.3 Å². The number of methoxy groups -OCH3 is 1. The number of benzene rings is 1. The number of carbonyl (C=O) groups excluding carboxylic acids is 2. The molecule has 2 aliphatic rings. The lowest BCUT2D eigenvalue weighted by molar-refractivity contribution is -0.113. The van der Waals surface area contributed by atoms with Crippen molar-refractivity contribution in [1.29, 1.82) is 0 Å². The Balaban J connectivity index is 1.17. The van der Waals surface area contributed by atoms with Crippen molar-refractivity contribution < 1.29 is 24.2 Å². The first-order valence-electron chi connectivity index (χ1n) is 11.5. The summed E-state index contributed by atoms with van der Waals surface area (Å²) >= 11 is 1.40. The van der Waals surface area contributed by atoms with Gasteiger partial charge in [0.1, 0.15) is 17.3 Å². The second-order valence-electron chi connectivity index (χ2n) is 8.62. The van der Waals surface area contributed by atoms with Crippen LogP contribution in [0.1, 0.15) is 28.9 Å². The molecule has 2 aliphatic heterocycles. The lowest BCUT2D eigenvalue weighted by Gasteiger charge is -2.32. The summed E-state index contributed by atoms with van der Waals surface area (Å²) in [5.74, 6) is 1.06. The van der Waals surface area contributed by atoms with Gasteiger partial charge in [-0.15, -0.1) is 11.8 Å². The molecule has 182 valence electrons. The normalized spacial score (nSPS) is 20.6.